The first-order valence-electron chi connectivity index (χ1n) is 8.35. The van der Waals surface area contributed by atoms with E-state index in [0.717, 1.165) is 33.9 Å². The second-order valence-corrected chi connectivity index (χ2v) is 9.04. The molecule has 8 heteroatoms. The van der Waals surface area contributed by atoms with Gasteiger partial charge in [-0.3, -0.25) is 4.79 Å². The van der Waals surface area contributed by atoms with Crippen LogP contribution < -0.4 is 5.32 Å². The minimum Gasteiger partial charge on any atom is -0.316 e. The molecule has 0 saturated carbocycles. The van der Waals surface area contributed by atoms with Crippen molar-refractivity contribution in [1.29, 1.82) is 5.26 Å². The summed E-state index contributed by atoms with van der Waals surface area (Å²) in [5.41, 5.74) is 1.88. The van der Waals surface area contributed by atoms with E-state index >= 15 is 0 Å². The number of thiophene rings is 2. The third-order valence-corrected chi connectivity index (χ3v) is 7.26. The smallest absolute Gasteiger partial charge is 0.235 e. The molecule has 0 saturated heterocycles. The Morgan fingerprint density at radius 3 is 3.08 bits per heavy atom. The lowest BCUT2D eigenvalue weighted by atomic mass is 9.97. The first kappa shape index (κ1) is 17.5. The van der Waals surface area contributed by atoms with Gasteiger partial charge in [-0.1, -0.05) is 11.8 Å². The van der Waals surface area contributed by atoms with Gasteiger partial charge in [-0.05, 0) is 49.6 Å². The minimum atomic E-state index is -0.123. The van der Waals surface area contributed by atoms with Crippen LogP contribution in [0.15, 0.2) is 16.5 Å². The quantitative estimate of drug-likeness (QED) is 0.514. The van der Waals surface area contributed by atoms with Crippen LogP contribution in [0, 0.1) is 18.3 Å². The van der Waals surface area contributed by atoms with E-state index in [-0.39, 0.29) is 11.7 Å². The number of aromatic nitrogens is 2. The molecule has 0 fully saturated rings. The van der Waals surface area contributed by atoms with Crippen molar-refractivity contribution in [2.75, 3.05) is 11.1 Å². The van der Waals surface area contributed by atoms with E-state index in [1.165, 1.54) is 46.4 Å². The summed E-state index contributed by atoms with van der Waals surface area (Å²) in [6.07, 6.45) is 4.63. The van der Waals surface area contributed by atoms with Crippen LogP contribution in [0.5, 0.6) is 0 Å². The molecule has 5 nitrogen and oxygen atoms in total. The molecular formula is C18H16N4OS3. The van der Waals surface area contributed by atoms with Gasteiger partial charge in [-0.2, -0.15) is 5.26 Å². The summed E-state index contributed by atoms with van der Waals surface area (Å²) in [5.74, 6) is 0.880. The zero-order valence-corrected chi connectivity index (χ0v) is 16.6. The van der Waals surface area contributed by atoms with Crippen LogP contribution in [0.1, 0.15) is 34.7 Å². The molecule has 3 heterocycles. The normalized spacial score (nSPS) is 13.4. The third kappa shape index (κ3) is 3.34. The Kier molecular flexibility index (Phi) is 4.94. The van der Waals surface area contributed by atoms with E-state index < -0.39 is 0 Å². The van der Waals surface area contributed by atoms with Gasteiger partial charge in [0.05, 0.1) is 11.3 Å². The first-order chi connectivity index (χ1) is 12.7. The topological polar surface area (TPSA) is 78.7 Å². The highest BCUT2D eigenvalue weighted by Gasteiger charge is 2.21. The standard InChI is InChI=1S/C18H16N4OS3/c1-10-20-17(15-12-4-2-3-5-13(12)26-18(15)21-10)25-9-14(23)22-16-11(8-19)6-7-24-16/h6-7H,2-5,9H2,1H3,(H,22,23). The molecule has 0 spiro atoms. The molecule has 132 valence electrons. The fourth-order valence-electron chi connectivity index (χ4n) is 3.12. The van der Waals surface area contributed by atoms with Gasteiger partial charge in [0.2, 0.25) is 5.91 Å². The van der Waals surface area contributed by atoms with Crippen LogP contribution in [0.2, 0.25) is 0 Å². The van der Waals surface area contributed by atoms with Crippen molar-refractivity contribution in [3.05, 3.63) is 33.3 Å². The monoisotopic (exact) mass is 400 g/mol. The lowest BCUT2D eigenvalue weighted by Gasteiger charge is -2.11. The van der Waals surface area contributed by atoms with Gasteiger partial charge >= 0.3 is 0 Å². The van der Waals surface area contributed by atoms with Crippen LogP contribution in [0.3, 0.4) is 0 Å². The fourth-order valence-corrected chi connectivity index (χ4v) is 6.15. The number of fused-ring (bicyclic) bond motifs is 3. The van der Waals surface area contributed by atoms with Crippen molar-refractivity contribution >= 4 is 55.6 Å². The molecule has 1 aliphatic carbocycles. The van der Waals surface area contributed by atoms with Gasteiger partial charge in [-0.25, -0.2) is 9.97 Å². The molecule has 3 aromatic rings. The zero-order valence-electron chi connectivity index (χ0n) is 14.2. The summed E-state index contributed by atoms with van der Waals surface area (Å²) in [6, 6.07) is 3.80. The summed E-state index contributed by atoms with van der Waals surface area (Å²) in [7, 11) is 0. The number of aryl methyl sites for hydroxylation is 3. The Balaban J connectivity index is 1.56. The molecule has 0 aromatic carbocycles. The highest BCUT2D eigenvalue weighted by Crippen LogP contribution is 2.39. The van der Waals surface area contributed by atoms with E-state index in [1.54, 1.807) is 22.8 Å². The van der Waals surface area contributed by atoms with E-state index in [9.17, 15) is 4.79 Å². The number of hydrogen-bond acceptors (Lipinski definition) is 7. The average Bonchev–Trinajstić information content (AvgIpc) is 3.22. The molecule has 1 amide bonds. The highest BCUT2D eigenvalue weighted by molar-refractivity contribution is 8.00. The van der Waals surface area contributed by atoms with Crippen molar-refractivity contribution in [1.82, 2.24) is 9.97 Å². The zero-order chi connectivity index (χ0) is 18.1. The molecule has 26 heavy (non-hydrogen) atoms. The van der Waals surface area contributed by atoms with Crippen LogP contribution >= 0.6 is 34.4 Å². The molecule has 1 N–H and O–H groups in total. The van der Waals surface area contributed by atoms with Crippen LogP contribution in [0.4, 0.5) is 5.00 Å². The van der Waals surface area contributed by atoms with Crippen LogP contribution in [-0.4, -0.2) is 21.6 Å². The average molecular weight is 401 g/mol. The van der Waals surface area contributed by atoms with Gasteiger partial charge in [0.15, 0.2) is 0 Å². The maximum Gasteiger partial charge on any atom is 0.235 e. The number of anilines is 1. The number of thioether (sulfide) groups is 1. The predicted octanol–water partition coefficient (Wildman–Crippen LogP) is 4.54. The lowest BCUT2D eigenvalue weighted by Crippen LogP contribution is -2.14. The number of carbonyl (C=O) groups excluding carboxylic acids is 1. The molecule has 1 aliphatic rings. The molecule has 0 bridgehead atoms. The Hall–Kier alpha value is -1.95. The summed E-state index contributed by atoms with van der Waals surface area (Å²) in [4.78, 5) is 24.0. The second kappa shape index (κ2) is 7.35. The lowest BCUT2D eigenvalue weighted by molar-refractivity contribution is -0.113. The SMILES string of the molecule is Cc1nc(SCC(=O)Nc2sccc2C#N)c2c3c(sc2n1)CCCC3. The highest BCUT2D eigenvalue weighted by atomic mass is 32.2. The van der Waals surface area contributed by atoms with E-state index in [4.69, 9.17) is 5.26 Å². The van der Waals surface area contributed by atoms with Crippen molar-refractivity contribution < 1.29 is 4.79 Å². The largest absolute Gasteiger partial charge is 0.316 e. The molecule has 3 aromatic heterocycles. The number of carbonyl (C=O) groups is 1. The van der Waals surface area contributed by atoms with E-state index in [1.807, 2.05) is 6.92 Å². The Labute approximate surface area is 163 Å². The van der Waals surface area contributed by atoms with Gasteiger partial charge < -0.3 is 5.32 Å². The summed E-state index contributed by atoms with van der Waals surface area (Å²) >= 11 is 4.58. The Morgan fingerprint density at radius 1 is 1.38 bits per heavy atom. The van der Waals surface area contributed by atoms with Gasteiger partial charge in [0, 0.05) is 10.3 Å². The number of nitrogens with one attached hydrogen (secondary N) is 1. The minimum absolute atomic E-state index is 0.123. The summed E-state index contributed by atoms with van der Waals surface area (Å²) in [5, 5.41) is 16.3. The molecule has 0 radical (unpaired) electrons. The van der Waals surface area contributed by atoms with Crippen molar-refractivity contribution in [3.63, 3.8) is 0 Å². The van der Waals surface area contributed by atoms with Crippen LogP contribution in [-0.2, 0) is 17.6 Å². The number of nitrogens with zero attached hydrogens (tertiary/aromatic N) is 3. The van der Waals surface area contributed by atoms with Gasteiger partial charge in [-0.15, -0.1) is 22.7 Å². The van der Waals surface area contributed by atoms with Crippen molar-refractivity contribution in [2.24, 2.45) is 0 Å². The fraction of sp³-hybridized carbons (Fsp3) is 0.333. The number of amides is 1. The van der Waals surface area contributed by atoms with Crippen molar-refractivity contribution in [2.45, 2.75) is 37.6 Å². The number of nitriles is 1. The molecule has 0 atom stereocenters. The molecule has 4 rings (SSSR count). The van der Waals surface area contributed by atoms with E-state index in [0.29, 0.717) is 10.6 Å². The number of rotatable bonds is 4. The first-order valence-corrected chi connectivity index (χ1v) is 11.0. The molecule has 0 aliphatic heterocycles. The van der Waals surface area contributed by atoms with Gasteiger partial charge in [0.25, 0.3) is 0 Å². The predicted molar refractivity (Wildman–Crippen MR) is 107 cm³/mol. The Morgan fingerprint density at radius 2 is 2.23 bits per heavy atom. The molecular weight excluding hydrogens is 384 g/mol. The van der Waals surface area contributed by atoms with Crippen molar-refractivity contribution in [3.8, 4) is 6.07 Å². The summed E-state index contributed by atoms with van der Waals surface area (Å²) in [6.45, 7) is 1.90. The third-order valence-electron chi connectivity index (χ3n) is 4.27. The van der Waals surface area contributed by atoms with Crippen LogP contribution in [0.25, 0.3) is 10.2 Å². The Bertz CT molecular complexity index is 1030. The second-order valence-electron chi connectivity index (χ2n) is 6.08. The maximum atomic E-state index is 12.3. The number of hydrogen-bond donors (Lipinski definition) is 1. The maximum absolute atomic E-state index is 12.3. The molecule has 0 unspecified atom stereocenters. The summed E-state index contributed by atoms with van der Waals surface area (Å²) < 4.78 is 0. The van der Waals surface area contributed by atoms with Gasteiger partial charge in [0.1, 0.15) is 26.8 Å². The van der Waals surface area contributed by atoms with E-state index in [2.05, 4.69) is 21.4 Å².